The standard InChI is InChI=1S/C25H33FN2O3/c1-16-4-3-5-17-14-21-22(23(29)25(16,17)2)20(24(30)31-21)15-27-10-12-28(13-11-27)19-8-6-18(26)7-9-19/h5-9,16,20-23,29H,3-4,10-15H2,1-2H3/t16-,20-,21+,22+,23+,25+/m0/s1. The highest BCUT2D eigenvalue weighted by Crippen LogP contribution is 2.56. The summed E-state index contributed by atoms with van der Waals surface area (Å²) in [5.74, 6) is -0.374. The smallest absolute Gasteiger partial charge is 0.311 e. The minimum atomic E-state index is -0.551. The number of carbonyl (C=O) groups excluding carboxylic acids is 1. The van der Waals surface area contributed by atoms with Gasteiger partial charge in [-0.25, -0.2) is 4.39 Å². The molecule has 0 amide bonds. The first-order valence-corrected chi connectivity index (χ1v) is 11.7. The van der Waals surface area contributed by atoms with Crippen molar-refractivity contribution in [2.24, 2.45) is 23.2 Å². The van der Waals surface area contributed by atoms with Crippen molar-refractivity contribution in [2.75, 3.05) is 37.6 Å². The van der Waals surface area contributed by atoms with Gasteiger partial charge in [0, 0.05) is 56.2 Å². The molecule has 2 heterocycles. The number of fused-ring (bicyclic) bond motifs is 2. The fraction of sp³-hybridized carbons (Fsp3) is 0.640. The topological polar surface area (TPSA) is 53.0 Å². The van der Waals surface area contributed by atoms with E-state index >= 15 is 0 Å². The minimum Gasteiger partial charge on any atom is -0.461 e. The van der Waals surface area contributed by atoms with Gasteiger partial charge in [-0.3, -0.25) is 9.69 Å². The Hall–Kier alpha value is -1.92. The van der Waals surface area contributed by atoms with E-state index in [-0.39, 0.29) is 35.1 Å². The van der Waals surface area contributed by atoms with Gasteiger partial charge in [-0.15, -0.1) is 0 Å². The van der Waals surface area contributed by atoms with Crippen LogP contribution in [0.3, 0.4) is 0 Å². The Morgan fingerprint density at radius 3 is 2.61 bits per heavy atom. The normalized spacial score (nSPS) is 38.3. The van der Waals surface area contributed by atoms with E-state index in [9.17, 15) is 14.3 Å². The molecule has 6 heteroatoms. The van der Waals surface area contributed by atoms with Crippen LogP contribution in [0.2, 0.25) is 0 Å². The third kappa shape index (κ3) is 3.48. The number of nitrogens with zero attached hydrogens (tertiary/aromatic N) is 2. The Bertz CT molecular complexity index is 864. The number of aliphatic hydroxyl groups is 1. The first-order valence-electron chi connectivity index (χ1n) is 11.7. The highest BCUT2D eigenvalue weighted by Gasteiger charge is 2.59. The van der Waals surface area contributed by atoms with Crippen LogP contribution in [0, 0.1) is 29.0 Å². The quantitative estimate of drug-likeness (QED) is 0.592. The number of benzene rings is 1. The molecule has 31 heavy (non-hydrogen) atoms. The van der Waals surface area contributed by atoms with Crippen molar-refractivity contribution in [1.82, 2.24) is 4.90 Å². The molecule has 5 nitrogen and oxygen atoms in total. The van der Waals surface area contributed by atoms with Gasteiger partial charge in [-0.1, -0.05) is 25.5 Å². The molecule has 2 saturated heterocycles. The van der Waals surface area contributed by atoms with E-state index in [1.165, 1.54) is 17.7 Å². The Labute approximate surface area is 183 Å². The van der Waals surface area contributed by atoms with E-state index in [0.29, 0.717) is 12.5 Å². The van der Waals surface area contributed by atoms with Gasteiger partial charge in [0.25, 0.3) is 0 Å². The number of ether oxygens (including phenoxy) is 1. The Balaban J connectivity index is 1.27. The zero-order valence-corrected chi connectivity index (χ0v) is 18.5. The molecule has 1 aromatic carbocycles. The molecule has 2 aliphatic heterocycles. The predicted octanol–water partition coefficient (Wildman–Crippen LogP) is 3.23. The zero-order chi connectivity index (χ0) is 21.8. The molecule has 0 radical (unpaired) electrons. The average Bonchev–Trinajstić information content (AvgIpc) is 3.07. The molecule has 1 N–H and O–H groups in total. The van der Waals surface area contributed by atoms with Crippen LogP contribution < -0.4 is 4.90 Å². The zero-order valence-electron chi connectivity index (χ0n) is 18.5. The summed E-state index contributed by atoms with van der Waals surface area (Å²) in [7, 11) is 0. The molecule has 2 aliphatic carbocycles. The van der Waals surface area contributed by atoms with Gasteiger partial charge in [0.2, 0.25) is 0 Å². The number of carbonyl (C=O) groups is 1. The van der Waals surface area contributed by atoms with Crippen LogP contribution >= 0.6 is 0 Å². The van der Waals surface area contributed by atoms with Crippen LogP contribution in [0.4, 0.5) is 10.1 Å². The number of hydrogen-bond donors (Lipinski definition) is 1. The van der Waals surface area contributed by atoms with Gasteiger partial charge in [0.15, 0.2) is 0 Å². The third-order valence-corrected chi connectivity index (χ3v) is 8.59. The molecular weight excluding hydrogens is 395 g/mol. The van der Waals surface area contributed by atoms with Crippen molar-refractivity contribution in [1.29, 1.82) is 0 Å². The summed E-state index contributed by atoms with van der Waals surface area (Å²) in [6.45, 7) is 8.42. The van der Waals surface area contributed by atoms with Gasteiger partial charge >= 0.3 is 5.97 Å². The molecule has 0 spiro atoms. The van der Waals surface area contributed by atoms with Crippen LogP contribution in [0.25, 0.3) is 0 Å². The second kappa shape index (κ2) is 7.89. The van der Waals surface area contributed by atoms with E-state index < -0.39 is 6.10 Å². The van der Waals surface area contributed by atoms with Crippen LogP contribution in [0.15, 0.2) is 35.9 Å². The summed E-state index contributed by atoms with van der Waals surface area (Å²) in [5, 5.41) is 11.5. The summed E-state index contributed by atoms with van der Waals surface area (Å²) >= 11 is 0. The fourth-order valence-corrected chi connectivity index (χ4v) is 6.39. The number of anilines is 1. The molecule has 0 unspecified atom stereocenters. The number of aliphatic hydroxyl groups excluding tert-OH is 1. The van der Waals surface area contributed by atoms with Gasteiger partial charge in [0.05, 0.1) is 12.0 Å². The van der Waals surface area contributed by atoms with E-state index in [4.69, 9.17) is 4.74 Å². The monoisotopic (exact) mass is 428 g/mol. The third-order valence-electron chi connectivity index (χ3n) is 8.59. The van der Waals surface area contributed by atoms with Crippen molar-refractivity contribution in [3.05, 3.63) is 41.7 Å². The second-order valence-corrected chi connectivity index (χ2v) is 10.1. The summed E-state index contributed by atoms with van der Waals surface area (Å²) in [5.41, 5.74) is 2.05. The lowest BCUT2D eigenvalue weighted by atomic mass is 9.55. The molecular formula is C25H33FN2O3. The number of hydrogen-bond acceptors (Lipinski definition) is 5. The lowest BCUT2D eigenvalue weighted by Gasteiger charge is -2.52. The first kappa shape index (κ1) is 21.0. The molecule has 5 rings (SSSR count). The highest BCUT2D eigenvalue weighted by molar-refractivity contribution is 5.76. The van der Waals surface area contributed by atoms with Gasteiger partial charge in [-0.2, -0.15) is 0 Å². The van der Waals surface area contributed by atoms with Crippen LogP contribution in [0.1, 0.15) is 33.1 Å². The maximum Gasteiger partial charge on any atom is 0.311 e. The number of esters is 1. The van der Waals surface area contributed by atoms with Crippen LogP contribution in [-0.4, -0.2) is 60.9 Å². The van der Waals surface area contributed by atoms with Crippen molar-refractivity contribution in [2.45, 2.75) is 45.3 Å². The van der Waals surface area contributed by atoms with E-state index in [2.05, 4.69) is 29.7 Å². The summed E-state index contributed by atoms with van der Waals surface area (Å²) < 4.78 is 19.0. The Morgan fingerprint density at radius 2 is 1.90 bits per heavy atom. The minimum absolute atomic E-state index is 0.134. The Morgan fingerprint density at radius 1 is 1.19 bits per heavy atom. The van der Waals surface area contributed by atoms with Gasteiger partial charge in [0.1, 0.15) is 11.9 Å². The van der Waals surface area contributed by atoms with Crippen LogP contribution in [0.5, 0.6) is 0 Å². The average molecular weight is 429 g/mol. The van der Waals surface area contributed by atoms with Crippen molar-refractivity contribution >= 4 is 11.7 Å². The van der Waals surface area contributed by atoms with E-state index in [1.54, 1.807) is 0 Å². The molecule has 4 aliphatic rings. The van der Waals surface area contributed by atoms with Gasteiger partial charge in [-0.05, 0) is 43.0 Å². The molecule has 0 bridgehead atoms. The SMILES string of the molecule is C[C@H]1CCC=C2C[C@H]3OC(=O)[C@@H](CN4CCN(c5ccc(F)cc5)CC4)[C@H]3[C@@H](O)[C@@]21C. The molecule has 3 fully saturated rings. The lowest BCUT2D eigenvalue weighted by molar-refractivity contribution is -0.145. The van der Waals surface area contributed by atoms with Crippen molar-refractivity contribution in [3.63, 3.8) is 0 Å². The predicted molar refractivity (Wildman–Crippen MR) is 117 cm³/mol. The molecule has 0 aromatic heterocycles. The largest absolute Gasteiger partial charge is 0.461 e. The van der Waals surface area contributed by atoms with Crippen LogP contribution in [-0.2, 0) is 9.53 Å². The Kier molecular flexibility index (Phi) is 5.33. The summed E-state index contributed by atoms with van der Waals surface area (Å²) in [6.07, 6.45) is 4.42. The first-order chi connectivity index (χ1) is 14.9. The van der Waals surface area contributed by atoms with Crippen molar-refractivity contribution < 1.29 is 19.0 Å². The van der Waals surface area contributed by atoms with E-state index in [1.807, 2.05) is 12.1 Å². The number of allylic oxidation sites excluding steroid dienone is 1. The maximum absolute atomic E-state index is 13.2. The summed E-state index contributed by atoms with van der Waals surface area (Å²) in [4.78, 5) is 17.4. The molecule has 6 atom stereocenters. The second-order valence-electron chi connectivity index (χ2n) is 10.1. The number of piperazine rings is 1. The summed E-state index contributed by atoms with van der Waals surface area (Å²) in [6, 6.07) is 6.63. The van der Waals surface area contributed by atoms with Gasteiger partial charge < -0.3 is 14.7 Å². The van der Waals surface area contributed by atoms with E-state index in [0.717, 1.165) is 51.1 Å². The maximum atomic E-state index is 13.2. The lowest BCUT2D eigenvalue weighted by Crippen LogP contribution is -2.55. The fourth-order valence-electron chi connectivity index (χ4n) is 6.39. The number of halogens is 1. The van der Waals surface area contributed by atoms with Crippen molar-refractivity contribution in [3.8, 4) is 0 Å². The molecule has 1 aromatic rings. The molecule has 168 valence electrons. The highest BCUT2D eigenvalue weighted by atomic mass is 19.1. The number of rotatable bonds is 3. The molecule has 1 saturated carbocycles.